The Morgan fingerprint density at radius 2 is 2.19 bits per heavy atom. The molecule has 0 aliphatic rings. The predicted molar refractivity (Wildman–Crippen MR) is 84.7 cm³/mol. The molecular weight excluding hydrogens is 266 g/mol. The Bertz CT molecular complexity index is 609. The van der Waals surface area contributed by atoms with Crippen molar-refractivity contribution in [3.05, 3.63) is 42.1 Å². The molecule has 0 radical (unpaired) electrons. The molecule has 2 rings (SSSR count). The quantitative estimate of drug-likeness (QED) is 0.333. The van der Waals surface area contributed by atoms with Crippen LogP contribution in [0.4, 0.5) is 0 Å². The molecule has 112 valence electrons. The monoisotopic (exact) mass is 287 g/mol. The topological polar surface area (TPSA) is 84.6 Å². The van der Waals surface area contributed by atoms with Crippen molar-refractivity contribution in [1.82, 2.24) is 15.7 Å². The van der Waals surface area contributed by atoms with Gasteiger partial charge in [0.25, 0.3) is 0 Å². The summed E-state index contributed by atoms with van der Waals surface area (Å²) in [6, 6.07) is 10.1. The van der Waals surface area contributed by atoms with Crippen LogP contribution in [-0.4, -0.2) is 30.7 Å². The lowest BCUT2D eigenvalue weighted by molar-refractivity contribution is 0.179. The van der Waals surface area contributed by atoms with Crippen LogP contribution in [0.3, 0.4) is 0 Å². The number of methoxy groups -OCH3 is 1. The molecule has 6 heteroatoms. The third-order valence-electron chi connectivity index (χ3n) is 3.06. The van der Waals surface area contributed by atoms with Crippen LogP contribution in [0.1, 0.15) is 12.5 Å². The number of aliphatic imine (C=N–C) groups is 1. The number of ether oxygens (including phenoxy) is 1. The molecule has 0 aliphatic heterocycles. The Morgan fingerprint density at radius 3 is 2.95 bits per heavy atom. The summed E-state index contributed by atoms with van der Waals surface area (Å²) in [7, 11) is 1.66. The highest BCUT2D eigenvalue weighted by atomic mass is 16.5. The zero-order valence-corrected chi connectivity index (χ0v) is 12.3. The summed E-state index contributed by atoms with van der Waals surface area (Å²) in [5, 5.41) is 4.26. The summed E-state index contributed by atoms with van der Waals surface area (Å²) in [4.78, 5) is 8.87. The van der Waals surface area contributed by atoms with E-state index < -0.39 is 0 Å². The first-order valence-corrected chi connectivity index (χ1v) is 6.83. The molecule has 1 aromatic carbocycles. The molecule has 6 nitrogen and oxygen atoms in total. The number of para-hydroxylation sites is 1. The maximum Gasteiger partial charge on any atom is 0.206 e. The van der Waals surface area contributed by atoms with E-state index in [0.717, 1.165) is 16.5 Å². The van der Waals surface area contributed by atoms with E-state index in [1.165, 1.54) is 0 Å². The second-order valence-corrected chi connectivity index (χ2v) is 4.80. The first-order valence-electron chi connectivity index (χ1n) is 6.83. The number of hydrazine groups is 1. The van der Waals surface area contributed by atoms with Crippen LogP contribution in [-0.2, 0) is 11.3 Å². The van der Waals surface area contributed by atoms with E-state index >= 15 is 0 Å². The fourth-order valence-electron chi connectivity index (χ4n) is 2.12. The molecule has 0 bridgehead atoms. The SMILES string of the molecule is COCC(C)NC(=NCc1cccc2cccnc12)NN. The molecule has 21 heavy (non-hydrogen) atoms. The van der Waals surface area contributed by atoms with E-state index in [-0.39, 0.29) is 6.04 Å². The van der Waals surface area contributed by atoms with Crippen molar-refractivity contribution in [2.45, 2.75) is 19.5 Å². The fourth-order valence-corrected chi connectivity index (χ4v) is 2.12. The van der Waals surface area contributed by atoms with Crippen LogP contribution < -0.4 is 16.6 Å². The number of benzene rings is 1. The third kappa shape index (κ3) is 4.14. The van der Waals surface area contributed by atoms with Crippen LogP contribution in [0.25, 0.3) is 10.9 Å². The van der Waals surface area contributed by atoms with E-state index in [2.05, 4.69) is 20.7 Å². The number of hydrogen-bond acceptors (Lipinski definition) is 4. The lowest BCUT2D eigenvalue weighted by Gasteiger charge is -2.15. The number of guanidine groups is 1. The summed E-state index contributed by atoms with van der Waals surface area (Å²) in [6.07, 6.45) is 1.79. The highest BCUT2D eigenvalue weighted by Crippen LogP contribution is 2.16. The van der Waals surface area contributed by atoms with Gasteiger partial charge in [-0.3, -0.25) is 10.4 Å². The Balaban J connectivity index is 2.13. The number of pyridine rings is 1. The Morgan fingerprint density at radius 1 is 1.38 bits per heavy atom. The number of aromatic nitrogens is 1. The van der Waals surface area contributed by atoms with Gasteiger partial charge in [-0.2, -0.15) is 0 Å². The summed E-state index contributed by atoms with van der Waals surface area (Å²) < 4.78 is 5.07. The van der Waals surface area contributed by atoms with Crippen molar-refractivity contribution in [1.29, 1.82) is 0 Å². The van der Waals surface area contributed by atoms with Crippen LogP contribution in [0.15, 0.2) is 41.5 Å². The number of fused-ring (bicyclic) bond motifs is 1. The minimum Gasteiger partial charge on any atom is -0.383 e. The lowest BCUT2D eigenvalue weighted by Crippen LogP contribution is -2.46. The average Bonchev–Trinajstić information content (AvgIpc) is 2.51. The molecule has 0 saturated heterocycles. The molecule has 1 unspecified atom stereocenters. The number of rotatable bonds is 5. The summed E-state index contributed by atoms with van der Waals surface area (Å²) in [6.45, 7) is 3.08. The van der Waals surface area contributed by atoms with Crippen LogP contribution >= 0.6 is 0 Å². The number of hydrogen-bond donors (Lipinski definition) is 3. The largest absolute Gasteiger partial charge is 0.383 e. The highest BCUT2D eigenvalue weighted by molar-refractivity contribution is 5.82. The molecule has 1 atom stereocenters. The molecular formula is C15H21N5O. The second kappa shape index (κ2) is 7.56. The van der Waals surface area contributed by atoms with E-state index in [0.29, 0.717) is 19.1 Å². The lowest BCUT2D eigenvalue weighted by atomic mass is 10.1. The van der Waals surface area contributed by atoms with Gasteiger partial charge in [-0.05, 0) is 18.6 Å². The fraction of sp³-hybridized carbons (Fsp3) is 0.333. The number of nitrogens with one attached hydrogen (secondary N) is 2. The van der Waals surface area contributed by atoms with Gasteiger partial charge in [0.2, 0.25) is 5.96 Å². The maximum absolute atomic E-state index is 5.49. The first kappa shape index (κ1) is 15.2. The number of nitrogens with two attached hydrogens (primary N) is 1. The van der Waals surface area contributed by atoms with Crippen LogP contribution in [0.2, 0.25) is 0 Å². The first-order chi connectivity index (χ1) is 10.2. The second-order valence-electron chi connectivity index (χ2n) is 4.80. The average molecular weight is 287 g/mol. The number of nitrogens with zero attached hydrogens (tertiary/aromatic N) is 2. The zero-order chi connectivity index (χ0) is 15.1. The van der Waals surface area contributed by atoms with Crippen molar-refractivity contribution in [3.8, 4) is 0 Å². The van der Waals surface area contributed by atoms with Crippen LogP contribution in [0.5, 0.6) is 0 Å². The molecule has 0 fully saturated rings. The van der Waals surface area contributed by atoms with Crippen LogP contribution in [0, 0.1) is 0 Å². The highest BCUT2D eigenvalue weighted by Gasteiger charge is 2.05. The maximum atomic E-state index is 5.49. The van der Waals surface area contributed by atoms with Crippen molar-refractivity contribution in [2.75, 3.05) is 13.7 Å². The smallest absolute Gasteiger partial charge is 0.206 e. The van der Waals surface area contributed by atoms with Gasteiger partial charge in [-0.25, -0.2) is 10.8 Å². The third-order valence-corrected chi connectivity index (χ3v) is 3.06. The summed E-state index contributed by atoms with van der Waals surface area (Å²) >= 11 is 0. The van der Waals surface area contributed by atoms with Gasteiger partial charge < -0.3 is 10.1 Å². The molecule has 1 heterocycles. The van der Waals surface area contributed by atoms with Crippen molar-refractivity contribution in [3.63, 3.8) is 0 Å². The van der Waals surface area contributed by atoms with Crippen molar-refractivity contribution in [2.24, 2.45) is 10.8 Å². The van der Waals surface area contributed by atoms with Gasteiger partial charge in [-0.15, -0.1) is 0 Å². The molecule has 0 saturated carbocycles. The van der Waals surface area contributed by atoms with Gasteiger partial charge >= 0.3 is 0 Å². The van der Waals surface area contributed by atoms with Gasteiger partial charge in [0.05, 0.1) is 18.7 Å². The minimum atomic E-state index is 0.121. The van der Waals surface area contributed by atoms with E-state index in [1.54, 1.807) is 13.3 Å². The molecule has 1 aromatic heterocycles. The normalized spacial score (nSPS) is 13.2. The van der Waals surface area contributed by atoms with Gasteiger partial charge in [0.1, 0.15) is 0 Å². The predicted octanol–water partition coefficient (Wildman–Crippen LogP) is 1.18. The molecule has 0 aliphatic carbocycles. The summed E-state index contributed by atoms with van der Waals surface area (Å²) in [5.74, 6) is 6.03. The van der Waals surface area contributed by atoms with Gasteiger partial charge in [0, 0.05) is 24.7 Å². The van der Waals surface area contributed by atoms with Crippen molar-refractivity contribution >= 4 is 16.9 Å². The molecule has 0 amide bonds. The standard InChI is InChI=1S/C15H21N5O/c1-11(10-21-2)19-15(20-16)18-9-13-6-3-5-12-7-4-8-17-14(12)13/h3-8,11H,9-10,16H2,1-2H3,(H2,18,19,20). The summed E-state index contributed by atoms with van der Waals surface area (Å²) in [5.41, 5.74) is 4.59. The van der Waals surface area contributed by atoms with Crippen molar-refractivity contribution < 1.29 is 4.74 Å². The van der Waals surface area contributed by atoms with E-state index in [1.807, 2.05) is 37.3 Å². The molecule has 0 spiro atoms. The van der Waals surface area contributed by atoms with Gasteiger partial charge in [0.15, 0.2) is 0 Å². The Kier molecular flexibility index (Phi) is 5.48. The zero-order valence-electron chi connectivity index (χ0n) is 12.3. The van der Waals surface area contributed by atoms with Gasteiger partial charge in [-0.1, -0.05) is 24.3 Å². The molecule has 4 N–H and O–H groups in total. The molecule has 2 aromatic rings. The Hall–Kier alpha value is -2.18. The van der Waals surface area contributed by atoms with E-state index in [9.17, 15) is 0 Å². The minimum absolute atomic E-state index is 0.121. The Labute approximate surface area is 124 Å². The van der Waals surface area contributed by atoms with E-state index in [4.69, 9.17) is 10.6 Å².